The van der Waals surface area contributed by atoms with Crippen molar-refractivity contribution in [1.29, 1.82) is 0 Å². The first-order chi connectivity index (χ1) is 18.0. The summed E-state index contributed by atoms with van der Waals surface area (Å²) in [5.41, 5.74) is 0.265. The lowest BCUT2D eigenvalue weighted by Gasteiger charge is -2.29. The van der Waals surface area contributed by atoms with Gasteiger partial charge in [0.25, 0.3) is 5.56 Å². The Bertz CT molecular complexity index is 1490. The summed E-state index contributed by atoms with van der Waals surface area (Å²) in [6.07, 6.45) is 3.09. The largest absolute Gasteiger partial charge is 0.493 e. The van der Waals surface area contributed by atoms with Crippen LogP contribution < -0.4 is 15.2 Å². The smallest absolute Gasteiger partial charge is 0.266 e. The molecule has 0 aliphatic carbocycles. The van der Waals surface area contributed by atoms with Gasteiger partial charge in [-0.1, -0.05) is 13.8 Å². The average molecular weight is 542 g/mol. The molecule has 2 atom stereocenters. The number of aromatic amines is 1. The van der Waals surface area contributed by atoms with Crippen LogP contribution >= 0.6 is 0 Å². The lowest BCUT2D eigenvalue weighted by molar-refractivity contribution is 0.102. The van der Waals surface area contributed by atoms with Crippen molar-refractivity contribution in [2.24, 2.45) is 5.92 Å². The zero-order valence-electron chi connectivity index (χ0n) is 21.9. The van der Waals surface area contributed by atoms with Crippen LogP contribution in [-0.4, -0.2) is 48.6 Å². The van der Waals surface area contributed by atoms with E-state index in [2.05, 4.69) is 4.98 Å². The third-order valence-corrected chi connectivity index (χ3v) is 8.19. The Hall–Kier alpha value is -3.53. The van der Waals surface area contributed by atoms with Crippen LogP contribution in [0.1, 0.15) is 50.9 Å². The number of benzene rings is 1. The molecule has 4 rings (SSSR count). The van der Waals surface area contributed by atoms with Crippen molar-refractivity contribution in [3.05, 3.63) is 70.4 Å². The number of halogens is 1. The minimum Gasteiger partial charge on any atom is -0.493 e. The molecular weight excluding hydrogens is 509 g/mol. The molecule has 0 radical (unpaired) electrons. The molecule has 1 aromatic carbocycles. The van der Waals surface area contributed by atoms with Crippen LogP contribution in [0, 0.1) is 11.7 Å². The summed E-state index contributed by atoms with van der Waals surface area (Å²) in [6.45, 7) is 8.46. The van der Waals surface area contributed by atoms with Crippen LogP contribution in [0.2, 0.25) is 0 Å². The van der Waals surface area contributed by atoms with Crippen molar-refractivity contribution < 1.29 is 22.3 Å². The van der Waals surface area contributed by atoms with E-state index in [4.69, 9.17) is 9.72 Å². The van der Waals surface area contributed by atoms with Gasteiger partial charge in [0.2, 0.25) is 0 Å². The molecule has 1 aliphatic heterocycles. The zero-order chi connectivity index (χ0) is 27.6. The molecule has 8 nitrogen and oxygen atoms in total. The van der Waals surface area contributed by atoms with Crippen molar-refractivity contribution in [2.45, 2.75) is 57.5 Å². The number of sulfone groups is 1. The highest BCUT2D eigenvalue weighted by atomic mass is 32.2. The van der Waals surface area contributed by atoms with Gasteiger partial charge in [0.1, 0.15) is 28.0 Å². The second-order valence-corrected chi connectivity index (χ2v) is 12.1. The minimum atomic E-state index is -4.20. The fraction of sp³-hybridized carbons (Fsp3) is 0.393. The van der Waals surface area contributed by atoms with E-state index in [0.717, 1.165) is 12.8 Å². The Kier molecular flexibility index (Phi) is 8.01. The first-order valence-corrected chi connectivity index (χ1v) is 14.3. The predicted octanol–water partition coefficient (Wildman–Crippen LogP) is 4.64. The second kappa shape index (κ2) is 11.1. The van der Waals surface area contributed by atoms with Crippen LogP contribution in [0.4, 0.5) is 10.2 Å². The third kappa shape index (κ3) is 5.96. The zero-order valence-corrected chi connectivity index (χ0v) is 22.7. The maximum Gasteiger partial charge on any atom is 0.266 e. The summed E-state index contributed by atoms with van der Waals surface area (Å²) >= 11 is 0. The number of Topliss-reactive ketones (excluding diaryl/α,β-unsaturated/α-hetero) is 1. The van der Waals surface area contributed by atoms with Crippen molar-refractivity contribution in [1.82, 2.24) is 9.97 Å². The van der Waals surface area contributed by atoms with Crippen molar-refractivity contribution >= 4 is 21.4 Å². The minimum absolute atomic E-state index is 0.0605. The number of nitrogens with one attached hydrogen (secondary N) is 1. The summed E-state index contributed by atoms with van der Waals surface area (Å²) in [7, 11) is -4.20. The lowest BCUT2D eigenvalue weighted by atomic mass is 10.1. The monoisotopic (exact) mass is 541 g/mol. The van der Waals surface area contributed by atoms with E-state index in [1.807, 2.05) is 32.6 Å². The van der Waals surface area contributed by atoms with Crippen LogP contribution in [0.25, 0.3) is 11.3 Å². The second-order valence-electron chi connectivity index (χ2n) is 10.2. The van der Waals surface area contributed by atoms with E-state index in [1.165, 1.54) is 36.5 Å². The highest BCUT2D eigenvalue weighted by Gasteiger charge is 2.33. The molecule has 3 aromatic rings. The number of ketones is 1. The molecule has 38 heavy (non-hydrogen) atoms. The number of pyridine rings is 2. The Morgan fingerprint density at radius 2 is 1.87 bits per heavy atom. The van der Waals surface area contributed by atoms with Gasteiger partial charge in [-0.25, -0.2) is 17.8 Å². The van der Waals surface area contributed by atoms with Crippen molar-refractivity contribution in [2.75, 3.05) is 17.3 Å². The number of rotatable bonds is 9. The number of ether oxygens (including phenoxy) is 1. The number of carbonyl (C=O) groups excluding carboxylic acids is 1. The molecule has 0 spiro atoms. The van der Waals surface area contributed by atoms with Gasteiger partial charge in [0.15, 0.2) is 15.6 Å². The number of aromatic nitrogens is 2. The first kappa shape index (κ1) is 27.5. The van der Waals surface area contributed by atoms with Crippen LogP contribution in [0.15, 0.2) is 58.4 Å². The van der Waals surface area contributed by atoms with Gasteiger partial charge in [-0.3, -0.25) is 9.59 Å². The molecule has 1 aliphatic rings. The molecule has 1 fully saturated rings. The van der Waals surface area contributed by atoms with Crippen LogP contribution in [0.5, 0.6) is 5.75 Å². The van der Waals surface area contributed by atoms with Gasteiger partial charge in [0.05, 0.1) is 17.9 Å². The average Bonchev–Trinajstić information content (AvgIpc) is 3.19. The van der Waals surface area contributed by atoms with E-state index in [0.29, 0.717) is 29.4 Å². The van der Waals surface area contributed by atoms with E-state index in [1.54, 1.807) is 12.1 Å². The van der Waals surface area contributed by atoms with Crippen LogP contribution in [-0.2, 0) is 9.84 Å². The molecule has 2 unspecified atom stereocenters. The number of carbonyl (C=O) groups is 1. The molecule has 202 valence electrons. The number of hydrogen-bond donors (Lipinski definition) is 1. The molecule has 2 aromatic heterocycles. The van der Waals surface area contributed by atoms with E-state index in [9.17, 15) is 22.4 Å². The topological polar surface area (TPSA) is 109 Å². The van der Waals surface area contributed by atoms with E-state index < -0.39 is 37.6 Å². The number of hydrogen-bond acceptors (Lipinski definition) is 7. The highest BCUT2D eigenvalue weighted by Crippen LogP contribution is 2.34. The summed E-state index contributed by atoms with van der Waals surface area (Å²) in [5, 5.41) is 0. The molecule has 0 bridgehead atoms. The molecule has 3 heterocycles. The third-order valence-electron chi connectivity index (χ3n) is 6.56. The summed E-state index contributed by atoms with van der Waals surface area (Å²) in [6, 6.07) is 10.2. The van der Waals surface area contributed by atoms with Gasteiger partial charge < -0.3 is 14.6 Å². The number of H-pyrrole nitrogens is 1. The molecule has 0 amide bonds. The van der Waals surface area contributed by atoms with Gasteiger partial charge in [-0.2, -0.15) is 0 Å². The van der Waals surface area contributed by atoms with Gasteiger partial charge >= 0.3 is 0 Å². The van der Waals surface area contributed by atoms with Crippen molar-refractivity contribution in [3.8, 4) is 17.0 Å². The summed E-state index contributed by atoms with van der Waals surface area (Å²) in [4.78, 5) is 34.1. The molecule has 10 heteroatoms. The maximum atomic E-state index is 14.5. The standard InChI is InChI=1S/C28H32FN3O5S/c1-17(2)15-37-22-13-20(12-21(29)14-22)24-10-9-23(27(31-24)32-18(3)7-8-19(32)4)25(33)16-38(35,36)26-6-5-11-30-28(26)34/h5-6,9-14,17-19H,7-8,15-16H2,1-4H3,(H,30,34). The quantitative estimate of drug-likeness (QED) is 0.393. The van der Waals surface area contributed by atoms with E-state index in [-0.39, 0.29) is 23.6 Å². The highest BCUT2D eigenvalue weighted by molar-refractivity contribution is 7.92. The summed E-state index contributed by atoms with van der Waals surface area (Å²) in [5.74, 6) is -1.05. The SMILES string of the molecule is CC(C)COc1cc(F)cc(-c2ccc(C(=O)CS(=O)(=O)c3ccc[nH]c3=O)c(N3C(C)CCC3C)n2)c1. The fourth-order valence-electron chi connectivity index (χ4n) is 4.67. The van der Waals surface area contributed by atoms with Gasteiger partial charge in [0, 0.05) is 29.9 Å². The Morgan fingerprint density at radius 1 is 1.16 bits per heavy atom. The number of anilines is 1. The molecule has 1 saturated heterocycles. The molecule has 0 saturated carbocycles. The molecule has 1 N–H and O–H groups in total. The van der Waals surface area contributed by atoms with Gasteiger partial charge in [-0.05, 0) is 69.0 Å². The summed E-state index contributed by atoms with van der Waals surface area (Å²) < 4.78 is 46.1. The fourth-order valence-corrected chi connectivity index (χ4v) is 5.96. The normalized spacial score (nSPS) is 17.7. The number of nitrogens with zero attached hydrogens (tertiary/aromatic N) is 2. The molecular formula is C28H32FN3O5S. The Morgan fingerprint density at radius 3 is 2.53 bits per heavy atom. The van der Waals surface area contributed by atoms with Crippen molar-refractivity contribution in [3.63, 3.8) is 0 Å². The maximum absolute atomic E-state index is 14.5. The Labute approximate surface area is 221 Å². The first-order valence-electron chi connectivity index (χ1n) is 12.6. The Balaban J connectivity index is 1.76. The predicted molar refractivity (Wildman–Crippen MR) is 144 cm³/mol. The van der Waals surface area contributed by atoms with Crippen LogP contribution in [0.3, 0.4) is 0 Å². The van der Waals surface area contributed by atoms with E-state index >= 15 is 0 Å². The lowest BCUT2D eigenvalue weighted by Crippen LogP contribution is -2.35. The van der Waals surface area contributed by atoms with Gasteiger partial charge in [-0.15, -0.1) is 0 Å².